The minimum Gasteiger partial charge on any atom is -0.394 e. The summed E-state index contributed by atoms with van der Waals surface area (Å²) in [6.45, 7) is 1.58. The van der Waals surface area contributed by atoms with E-state index in [0.717, 1.165) is 0 Å². The number of aromatic amines is 1. The normalized spacial score (nSPS) is 12.2. The van der Waals surface area contributed by atoms with E-state index in [4.69, 9.17) is 16.6 Å². The van der Waals surface area contributed by atoms with Crippen LogP contribution in [0.25, 0.3) is 0 Å². The summed E-state index contributed by atoms with van der Waals surface area (Å²) < 4.78 is 0. The Morgan fingerprint density at radius 3 is 2.27 bits per heavy atom. The summed E-state index contributed by atoms with van der Waals surface area (Å²) in [4.78, 5) is 0. The van der Waals surface area contributed by atoms with E-state index in [1.165, 1.54) is 0 Å². The van der Waals surface area contributed by atoms with Gasteiger partial charge >= 0.3 is 0 Å². The first-order chi connectivity index (χ1) is 4.63. The van der Waals surface area contributed by atoms with E-state index in [2.05, 4.69) is 10.2 Å². The number of H-pyrrole nitrogens is 1. The van der Waals surface area contributed by atoms with E-state index in [1.807, 2.05) is 0 Å². The largest absolute Gasteiger partial charge is 0.394 e. The predicted molar refractivity (Wildman–Crippen MR) is 48.4 cm³/mol. The molecule has 0 saturated carbocycles. The third kappa shape index (κ3) is 1.78. The summed E-state index contributed by atoms with van der Waals surface area (Å²) in [5.41, 5.74) is 11.5. The van der Waals surface area contributed by atoms with Crippen LogP contribution >= 0.6 is 13.5 Å². The molecule has 0 saturated heterocycles. The van der Waals surface area contributed by atoms with Gasteiger partial charge in [0.1, 0.15) is 17.2 Å². The van der Waals surface area contributed by atoms with Gasteiger partial charge in [-0.3, -0.25) is 5.10 Å². The third-order valence-corrected chi connectivity index (χ3v) is 1.26. The predicted octanol–water partition coefficient (Wildman–Crippen LogP) is -0.260. The van der Waals surface area contributed by atoms with Gasteiger partial charge in [-0.25, -0.2) is 0 Å². The number of nitrogen functional groups attached to an aromatic ring is 2. The van der Waals surface area contributed by atoms with E-state index in [0.29, 0.717) is 17.2 Å². The van der Waals surface area contributed by atoms with E-state index in [9.17, 15) is 0 Å². The van der Waals surface area contributed by atoms with Crippen molar-refractivity contribution in [1.29, 1.82) is 0 Å². The fourth-order valence-electron chi connectivity index (χ4n) is 0.697. The second kappa shape index (κ2) is 3.49. The molecule has 0 spiro atoms. The lowest BCUT2D eigenvalue weighted by Crippen LogP contribution is -1.98. The Morgan fingerprint density at radius 2 is 2.09 bits per heavy atom. The molecule has 1 rings (SSSR count). The Balaban J connectivity index is 0.000001000. The standard InChI is InChI=1S/C5H10N4O.H2S/c1-2(10)4-3(6)5(7)9-8-4;/h2,10H,6H2,1H3,(H3,7,8,9);1H2. The van der Waals surface area contributed by atoms with Crippen molar-refractivity contribution in [3.05, 3.63) is 5.69 Å². The van der Waals surface area contributed by atoms with Crippen LogP contribution in [0.4, 0.5) is 11.5 Å². The summed E-state index contributed by atoms with van der Waals surface area (Å²) in [6.07, 6.45) is -0.673. The number of hydrogen-bond donors (Lipinski definition) is 4. The molecule has 0 aliphatic rings. The van der Waals surface area contributed by atoms with Gasteiger partial charge in [0.2, 0.25) is 0 Å². The molecule has 6 N–H and O–H groups in total. The molecule has 0 fully saturated rings. The molecule has 1 unspecified atom stereocenters. The van der Waals surface area contributed by atoms with Crippen molar-refractivity contribution in [3.63, 3.8) is 0 Å². The number of nitrogens with one attached hydrogen (secondary N) is 1. The van der Waals surface area contributed by atoms with Crippen molar-refractivity contribution in [3.8, 4) is 0 Å². The minimum absolute atomic E-state index is 0. The second-order valence-corrected chi connectivity index (χ2v) is 2.11. The zero-order chi connectivity index (χ0) is 7.72. The smallest absolute Gasteiger partial charge is 0.142 e. The summed E-state index contributed by atoms with van der Waals surface area (Å²) in [5, 5.41) is 15.2. The fourth-order valence-corrected chi connectivity index (χ4v) is 0.697. The van der Waals surface area contributed by atoms with Crippen LogP contribution < -0.4 is 11.5 Å². The molecule has 1 aromatic heterocycles. The maximum atomic E-state index is 9.00. The van der Waals surface area contributed by atoms with Crippen LogP contribution in [0.1, 0.15) is 18.7 Å². The van der Waals surface area contributed by atoms with E-state index >= 15 is 0 Å². The Bertz CT molecular complexity index is 234. The van der Waals surface area contributed by atoms with Crippen LogP contribution in [0.15, 0.2) is 0 Å². The first-order valence-corrected chi connectivity index (χ1v) is 2.90. The topological polar surface area (TPSA) is 101 Å². The maximum absolute atomic E-state index is 9.00. The lowest BCUT2D eigenvalue weighted by molar-refractivity contribution is 0.195. The molecule has 0 bridgehead atoms. The molecule has 0 aliphatic carbocycles. The van der Waals surface area contributed by atoms with Crippen molar-refractivity contribution in [2.75, 3.05) is 11.5 Å². The third-order valence-electron chi connectivity index (χ3n) is 1.26. The number of hydrogen-bond acceptors (Lipinski definition) is 4. The van der Waals surface area contributed by atoms with Crippen LogP contribution in [0, 0.1) is 0 Å². The van der Waals surface area contributed by atoms with Gasteiger partial charge in [0.25, 0.3) is 0 Å². The lowest BCUT2D eigenvalue weighted by Gasteiger charge is -1.98. The number of nitrogens with two attached hydrogens (primary N) is 2. The highest BCUT2D eigenvalue weighted by molar-refractivity contribution is 7.59. The molecule has 1 heterocycles. The molecular formula is C5H12N4OS. The van der Waals surface area contributed by atoms with Gasteiger partial charge in [-0.1, -0.05) is 0 Å². The van der Waals surface area contributed by atoms with Gasteiger partial charge in [-0.05, 0) is 6.92 Å². The first-order valence-electron chi connectivity index (χ1n) is 2.90. The number of aliphatic hydroxyl groups excluding tert-OH is 1. The average molecular weight is 176 g/mol. The highest BCUT2D eigenvalue weighted by Crippen LogP contribution is 2.21. The number of aliphatic hydroxyl groups is 1. The lowest BCUT2D eigenvalue weighted by atomic mass is 10.2. The summed E-state index contributed by atoms with van der Waals surface area (Å²) in [7, 11) is 0. The fraction of sp³-hybridized carbons (Fsp3) is 0.400. The Kier molecular flexibility index (Phi) is 3.21. The van der Waals surface area contributed by atoms with Crippen molar-refractivity contribution in [1.82, 2.24) is 10.2 Å². The second-order valence-electron chi connectivity index (χ2n) is 2.11. The quantitative estimate of drug-likeness (QED) is 0.473. The average Bonchev–Trinajstić information content (AvgIpc) is 2.14. The molecule has 1 atom stereocenters. The highest BCUT2D eigenvalue weighted by Gasteiger charge is 2.10. The van der Waals surface area contributed by atoms with Crippen LogP contribution in [-0.2, 0) is 0 Å². The molecule has 5 nitrogen and oxygen atoms in total. The molecule has 0 radical (unpaired) electrons. The molecule has 0 aromatic carbocycles. The molecule has 6 heteroatoms. The maximum Gasteiger partial charge on any atom is 0.142 e. The zero-order valence-corrected chi connectivity index (χ0v) is 7.13. The molecule has 1 aromatic rings. The SMILES string of the molecule is CC(O)c1n[nH]c(N)c1N.S. The number of rotatable bonds is 1. The van der Waals surface area contributed by atoms with Gasteiger partial charge in [0.05, 0.1) is 6.10 Å². The van der Waals surface area contributed by atoms with E-state index in [1.54, 1.807) is 6.92 Å². The number of aromatic nitrogens is 2. The summed E-state index contributed by atoms with van der Waals surface area (Å²) in [5.74, 6) is 0.302. The van der Waals surface area contributed by atoms with Crippen molar-refractivity contribution < 1.29 is 5.11 Å². The molecule has 0 aliphatic heterocycles. The molecular weight excluding hydrogens is 164 g/mol. The molecule has 0 amide bonds. The first kappa shape index (κ1) is 10.1. The zero-order valence-electron chi connectivity index (χ0n) is 6.13. The van der Waals surface area contributed by atoms with Gasteiger partial charge < -0.3 is 16.6 Å². The van der Waals surface area contributed by atoms with Crippen molar-refractivity contribution >= 4 is 25.0 Å². The summed E-state index contributed by atoms with van der Waals surface area (Å²) >= 11 is 0. The van der Waals surface area contributed by atoms with Crippen LogP contribution in [0.3, 0.4) is 0 Å². The Labute approximate surface area is 71.2 Å². The Morgan fingerprint density at radius 1 is 1.55 bits per heavy atom. The minimum atomic E-state index is -0.673. The molecule has 64 valence electrons. The van der Waals surface area contributed by atoms with Gasteiger partial charge in [-0.15, -0.1) is 0 Å². The number of nitrogens with zero attached hydrogens (tertiary/aromatic N) is 1. The van der Waals surface area contributed by atoms with Gasteiger partial charge in [0, 0.05) is 0 Å². The summed E-state index contributed by atoms with van der Waals surface area (Å²) in [6, 6.07) is 0. The van der Waals surface area contributed by atoms with Crippen LogP contribution in [0.5, 0.6) is 0 Å². The van der Waals surface area contributed by atoms with Crippen molar-refractivity contribution in [2.45, 2.75) is 13.0 Å². The van der Waals surface area contributed by atoms with Crippen molar-refractivity contribution in [2.24, 2.45) is 0 Å². The van der Waals surface area contributed by atoms with Gasteiger partial charge in [-0.2, -0.15) is 18.6 Å². The van der Waals surface area contributed by atoms with E-state index in [-0.39, 0.29) is 13.5 Å². The van der Waals surface area contributed by atoms with Crippen LogP contribution in [-0.4, -0.2) is 15.3 Å². The number of anilines is 2. The highest BCUT2D eigenvalue weighted by atomic mass is 32.1. The Hall–Kier alpha value is -0.880. The van der Waals surface area contributed by atoms with E-state index < -0.39 is 6.10 Å². The molecule has 11 heavy (non-hydrogen) atoms. The van der Waals surface area contributed by atoms with Gasteiger partial charge in [0.15, 0.2) is 0 Å². The monoisotopic (exact) mass is 176 g/mol. The van der Waals surface area contributed by atoms with Crippen LogP contribution in [0.2, 0.25) is 0 Å².